The maximum absolute atomic E-state index is 10.5. The molecule has 2 aromatic rings. The highest BCUT2D eigenvalue weighted by Gasteiger charge is 2.32. The fraction of sp³-hybridized carbons (Fsp3) is 0.333. The third kappa shape index (κ3) is 2.70. The molecule has 2 aromatic carbocycles. The molecule has 0 bridgehead atoms. The van der Waals surface area contributed by atoms with Crippen LogP contribution in [0.25, 0.3) is 0 Å². The highest BCUT2D eigenvalue weighted by Crippen LogP contribution is 2.24. The third-order valence-corrected chi connectivity index (χ3v) is 7.69. The molecule has 0 aromatic heterocycles. The molecule has 0 saturated carbocycles. The number of hydrogen-bond acceptors (Lipinski definition) is 2. The smallest absolute Gasteiger partial charge is 0.121 e. The zero-order chi connectivity index (χ0) is 15.9. The fourth-order valence-corrected chi connectivity index (χ4v) is 6.06. The fourth-order valence-electron chi connectivity index (χ4n) is 3.02. The van der Waals surface area contributed by atoms with E-state index < -0.39 is 8.07 Å². The maximum Gasteiger partial charge on any atom is 0.121 e. The van der Waals surface area contributed by atoms with Crippen LogP contribution in [0.5, 0.6) is 11.5 Å². The molecule has 3 heteroatoms. The van der Waals surface area contributed by atoms with Gasteiger partial charge in [-0.2, -0.15) is 0 Å². The average molecular weight is 300 g/mol. The minimum Gasteiger partial charge on any atom is -0.508 e. The van der Waals surface area contributed by atoms with Crippen LogP contribution in [0.15, 0.2) is 24.3 Å². The van der Waals surface area contributed by atoms with Gasteiger partial charge in [-0.15, -0.1) is 0 Å². The molecule has 0 fully saturated rings. The van der Waals surface area contributed by atoms with Gasteiger partial charge < -0.3 is 10.2 Å². The minimum absolute atomic E-state index is 0.371. The van der Waals surface area contributed by atoms with Crippen LogP contribution in [0.4, 0.5) is 0 Å². The van der Waals surface area contributed by atoms with Crippen molar-refractivity contribution in [3.8, 4) is 11.5 Å². The van der Waals surface area contributed by atoms with E-state index in [2.05, 4.69) is 25.2 Å². The molecular formula is C18H24O2Si. The first-order chi connectivity index (χ1) is 9.64. The molecule has 0 aliphatic heterocycles. The van der Waals surface area contributed by atoms with E-state index in [-0.39, 0.29) is 0 Å². The Labute approximate surface area is 128 Å². The summed E-state index contributed by atoms with van der Waals surface area (Å²) in [5.41, 5.74) is 4.08. The van der Waals surface area contributed by atoms with Crippen molar-refractivity contribution in [3.63, 3.8) is 0 Å². The average Bonchev–Trinajstić information content (AvgIpc) is 2.37. The number of aryl methyl sites for hydroxylation is 4. The van der Waals surface area contributed by atoms with E-state index in [1.165, 1.54) is 0 Å². The molecule has 2 rings (SSSR count). The number of phenols is 2. The lowest BCUT2D eigenvalue weighted by molar-refractivity contribution is 0.473. The molecule has 2 N–H and O–H groups in total. The van der Waals surface area contributed by atoms with Crippen LogP contribution in [-0.2, 0) is 0 Å². The summed E-state index contributed by atoms with van der Waals surface area (Å²) in [7, 11) is -2.17. The van der Waals surface area contributed by atoms with Crippen molar-refractivity contribution in [3.05, 3.63) is 46.5 Å². The molecule has 0 heterocycles. The van der Waals surface area contributed by atoms with Gasteiger partial charge in [0.15, 0.2) is 0 Å². The summed E-state index contributed by atoms with van der Waals surface area (Å²) in [5, 5.41) is 23.0. The second-order valence-corrected chi connectivity index (χ2v) is 10.9. The first-order valence-corrected chi connectivity index (χ1v) is 10.3. The number of rotatable bonds is 2. The third-order valence-electron chi connectivity index (χ3n) is 4.24. The van der Waals surface area contributed by atoms with Gasteiger partial charge in [-0.25, -0.2) is 0 Å². The lowest BCUT2D eigenvalue weighted by Gasteiger charge is -2.27. The van der Waals surface area contributed by atoms with Gasteiger partial charge in [0.05, 0.1) is 0 Å². The molecule has 2 nitrogen and oxygen atoms in total. The Morgan fingerprint density at radius 3 is 1.33 bits per heavy atom. The highest BCUT2D eigenvalue weighted by atomic mass is 28.3. The predicted molar refractivity (Wildman–Crippen MR) is 91.9 cm³/mol. The van der Waals surface area contributed by atoms with Gasteiger partial charge in [-0.05, 0) is 49.2 Å². The Kier molecular flexibility index (Phi) is 3.89. The lowest BCUT2D eigenvalue weighted by atomic mass is 10.1. The van der Waals surface area contributed by atoms with E-state index in [4.69, 9.17) is 0 Å². The van der Waals surface area contributed by atoms with Crippen molar-refractivity contribution in [1.29, 1.82) is 0 Å². The molecule has 0 unspecified atom stereocenters. The van der Waals surface area contributed by atoms with Crippen molar-refractivity contribution in [2.45, 2.75) is 40.8 Å². The molecule has 0 spiro atoms. The first-order valence-electron chi connectivity index (χ1n) is 7.26. The van der Waals surface area contributed by atoms with Gasteiger partial charge in [0.1, 0.15) is 19.6 Å². The Morgan fingerprint density at radius 2 is 1.00 bits per heavy atom. The zero-order valence-corrected chi connectivity index (χ0v) is 14.7. The summed E-state index contributed by atoms with van der Waals surface area (Å²) >= 11 is 0. The standard InChI is InChI=1S/C18H24O2Si/c1-11-7-13(3)17(19)15(9-11)21(5,6)16-10-12(2)8-14(4)18(16)20/h7-10,19-20H,1-6H3. The Balaban J connectivity index is 2.73. The SMILES string of the molecule is Cc1cc(C)c(O)c([Si](C)(C)c2cc(C)cc(C)c2O)c1. The molecule has 0 amide bonds. The Morgan fingerprint density at radius 1 is 0.667 bits per heavy atom. The van der Waals surface area contributed by atoms with Crippen LogP contribution in [0.1, 0.15) is 22.3 Å². The second-order valence-electron chi connectivity index (χ2n) is 6.58. The molecule has 0 aliphatic carbocycles. The van der Waals surface area contributed by atoms with E-state index in [1.807, 2.05) is 39.8 Å². The molecule has 0 radical (unpaired) electrons. The van der Waals surface area contributed by atoms with Crippen molar-refractivity contribution in [1.82, 2.24) is 0 Å². The number of hydrogen-bond donors (Lipinski definition) is 2. The summed E-state index contributed by atoms with van der Waals surface area (Å²) in [5.74, 6) is 0.742. The number of phenolic OH excluding ortho intramolecular Hbond substituents is 2. The molecule has 0 atom stereocenters. The van der Waals surface area contributed by atoms with Crippen molar-refractivity contribution < 1.29 is 10.2 Å². The van der Waals surface area contributed by atoms with Crippen LogP contribution in [0.3, 0.4) is 0 Å². The summed E-state index contributed by atoms with van der Waals surface area (Å²) in [6.45, 7) is 12.3. The van der Waals surface area contributed by atoms with Gasteiger partial charge in [-0.1, -0.05) is 48.5 Å². The topological polar surface area (TPSA) is 40.5 Å². The van der Waals surface area contributed by atoms with Crippen LogP contribution in [0, 0.1) is 27.7 Å². The quantitative estimate of drug-likeness (QED) is 0.837. The largest absolute Gasteiger partial charge is 0.508 e. The lowest BCUT2D eigenvalue weighted by Crippen LogP contribution is -2.53. The predicted octanol–water partition coefficient (Wildman–Crippen LogP) is 3.15. The van der Waals surface area contributed by atoms with E-state index in [9.17, 15) is 10.2 Å². The van der Waals surface area contributed by atoms with E-state index in [0.29, 0.717) is 11.5 Å². The van der Waals surface area contributed by atoms with Gasteiger partial charge >= 0.3 is 0 Å². The van der Waals surface area contributed by atoms with Gasteiger partial charge in [-0.3, -0.25) is 0 Å². The first kappa shape index (κ1) is 15.6. The molecule has 21 heavy (non-hydrogen) atoms. The summed E-state index contributed by atoms with van der Waals surface area (Å²) in [6, 6.07) is 8.10. The van der Waals surface area contributed by atoms with E-state index in [1.54, 1.807) is 0 Å². The molecule has 0 saturated heterocycles. The molecule has 112 valence electrons. The van der Waals surface area contributed by atoms with Crippen molar-refractivity contribution >= 4 is 18.4 Å². The number of benzene rings is 2. The summed E-state index contributed by atoms with van der Waals surface area (Å²) in [4.78, 5) is 0. The van der Waals surface area contributed by atoms with Crippen LogP contribution in [-0.4, -0.2) is 18.3 Å². The van der Waals surface area contributed by atoms with Gasteiger partial charge in [0, 0.05) is 0 Å². The van der Waals surface area contributed by atoms with Crippen molar-refractivity contribution in [2.24, 2.45) is 0 Å². The van der Waals surface area contributed by atoms with Crippen LogP contribution in [0.2, 0.25) is 13.1 Å². The Hall–Kier alpha value is -1.74. The normalized spacial score (nSPS) is 11.7. The number of aromatic hydroxyl groups is 2. The van der Waals surface area contributed by atoms with Crippen molar-refractivity contribution in [2.75, 3.05) is 0 Å². The zero-order valence-electron chi connectivity index (χ0n) is 13.7. The van der Waals surface area contributed by atoms with Gasteiger partial charge in [0.2, 0.25) is 0 Å². The van der Waals surface area contributed by atoms with E-state index >= 15 is 0 Å². The summed E-state index contributed by atoms with van der Waals surface area (Å²) in [6.07, 6.45) is 0. The van der Waals surface area contributed by atoms with E-state index in [0.717, 1.165) is 32.6 Å². The Bertz CT molecular complexity index is 643. The highest BCUT2D eigenvalue weighted by molar-refractivity contribution is 7.01. The van der Waals surface area contributed by atoms with Crippen LogP contribution < -0.4 is 10.4 Å². The monoisotopic (exact) mass is 300 g/mol. The second kappa shape index (κ2) is 5.23. The summed E-state index contributed by atoms with van der Waals surface area (Å²) < 4.78 is 0. The molecule has 0 aliphatic rings. The maximum atomic E-state index is 10.5. The molecular weight excluding hydrogens is 276 g/mol. The minimum atomic E-state index is -2.17. The van der Waals surface area contributed by atoms with Gasteiger partial charge in [0.25, 0.3) is 0 Å². The van der Waals surface area contributed by atoms with Crippen LogP contribution >= 0.6 is 0 Å².